The third-order valence-corrected chi connectivity index (χ3v) is 6.83. The van der Waals surface area contributed by atoms with Gasteiger partial charge < -0.3 is 19.4 Å². The number of aromatic amines is 1. The highest BCUT2D eigenvalue weighted by Crippen LogP contribution is 2.40. The topological polar surface area (TPSA) is 66.3 Å². The third-order valence-electron chi connectivity index (χ3n) is 6.83. The van der Waals surface area contributed by atoms with E-state index in [1.165, 1.54) is 16.6 Å². The highest BCUT2D eigenvalue weighted by Gasteiger charge is 2.34. The van der Waals surface area contributed by atoms with Gasteiger partial charge in [0, 0.05) is 36.7 Å². The number of rotatable bonds is 4. The van der Waals surface area contributed by atoms with Gasteiger partial charge in [0.05, 0.1) is 18.1 Å². The number of imidazole rings is 1. The number of fused-ring (bicyclic) bond motifs is 4. The molecule has 0 amide bonds. The number of phenols is 1. The van der Waals surface area contributed by atoms with Gasteiger partial charge in [-0.05, 0) is 47.9 Å². The summed E-state index contributed by atoms with van der Waals surface area (Å²) in [6, 6.07) is 22.4. The fourth-order valence-electron chi connectivity index (χ4n) is 5.23. The second-order valence-corrected chi connectivity index (χ2v) is 8.71. The van der Waals surface area contributed by atoms with E-state index < -0.39 is 0 Å². The fourth-order valence-corrected chi connectivity index (χ4v) is 5.23. The van der Waals surface area contributed by atoms with Crippen LogP contribution in [0.25, 0.3) is 21.9 Å². The van der Waals surface area contributed by atoms with Gasteiger partial charge in [0.1, 0.15) is 11.9 Å². The molecule has 1 aliphatic rings. The number of ether oxygens (including phenoxy) is 1. The largest absolute Gasteiger partial charge is 0.504 e. The van der Waals surface area contributed by atoms with Crippen molar-refractivity contribution in [2.45, 2.75) is 19.0 Å². The smallest absolute Gasteiger partial charge is 0.160 e. The van der Waals surface area contributed by atoms with Crippen molar-refractivity contribution in [3.05, 3.63) is 89.4 Å². The molecule has 1 aliphatic heterocycles. The fraction of sp³-hybridized carbons (Fsp3) is 0.222. The van der Waals surface area contributed by atoms with Crippen LogP contribution in [-0.2, 0) is 20.0 Å². The van der Waals surface area contributed by atoms with E-state index in [1.54, 1.807) is 13.2 Å². The summed E-state index contributed by atoms with van der Waals surface area (Å²) >= 11 is 0. The van der Waals surface area contributed by atoms with Crippen LogP contribution in [0.5, 0.6) is 11.5 Å². The van der Waals surface area contributed by atoms with E-state index in [4.69, 9.17) is 9.72 Å². The van der Waals surface area contributed by atoms with Crippen LogP contribution in [0.4, 0.5) is 0 Å². The molecular formula is C27H26N4O2. The molecule has 1 atom stereocenters. The zero-order valence-electron chi connectivity index (χ0n) is 18.7. The van der Waals surface area contributed by atoms with Crippen LogP contribution < -0.4 is 4.74 Å². The van der Waals surface area contributed by atoms with E-state index in [2.05, 4.69) is 64.0 Å². The Morgan fingerprint density at radius 1 is 1.09 bits per heavy atom. The van der Waals surface area contributed by atoms with E-state index >= 15 is 0 Å². The summed E-state index contributed by atoms with van der Waals surface area (Å²) in [5.41, 5.74) is 6.90. The molecule has 33 heavy (non-hydrogen) atoms. The first kappa shape index (κ1) is 19.9. The summed E-state index contributed by atoms with van der Waals surface area (Å²) in [5, 5.41) is 11.6. The lowest BCUT2D eigenvalue weighted by molar-refractivity contribution is 0.192. The lowest BCUT2D eigenvalue weighted by atomic mass is 9.96. The quantitative estimate of drug-likeness (QED) is 0.418. The van der Waals surface area contributed by atoms with Gasteiger partial charge in [0.25, 0.3) is 0 Å². The highest BCUT2D eigenvalue weighted by atomic mass is 16.5. The lowest BCUT2D eigenvalue weighted by Gasteiger charge is -2.35. The summed E-state index contributed by atoms with van der Waals surface area (Å²) in [7, 11) is 3.66. The minimum atomic E-state index is -0.0252. The number of phenolic OH excluding ortho intramolecular Hbond substituents is 1. The number of hydrogen-bond donors (Lipinski definition) is 2. The summed E-state index contributed by atoms with van der Waals surface area (Å²) in [6.45, 7) is 1.59. The van der Waals surface area contributed by atoms with Gasteiger partial charge in [-0.15, -0.1) is 0 Å². The van der Waals surface area contributed by atoms with Crippen LogP contribution >= 0.6 is 0 Å². The average molecular weight is 439 g/mol. The molecule has 5 aromatic rings. The molecule has 6 heteroatoms. The van der Waals surface area contributed by atoms with Gasteiger partial charge in [-0.2, -0.15) is 0 Å². The van der Waals surface area contributed by atoms with Crippen molar-refractivity contribution in [2.24, 2.45) is 7.05 Å². The molecule has 0 radical (unpaired) electrons. The number of nitrogens with zero attached hydrogens (tertiary/aromatic N) is 3. The van der Waals surface area contributed by atoms with Gasteiger partial charge in [-0.1, -0.05) is 36.4 Å². The summed E-state index contributed by atoms with van der Waals surface area (Å²) in [5.74, 6) is 1.67. The predicted molar refractivity (Wildman–Crippen MR) is 130 cm³/mol. The monoisotopic (exact) mass is 438 g/mol. The second kappa shape index (κ2) is 7.67. The van der Waals surface area contributed by atoms with E-state index in [-0.39, 0.29) is 11.8 Å². The van der Waals surface area contributed by atoms with Crippen LogP contribution in [0.2, 0.25) is 0 Å². The van der Waals surface area contributed by atoms with Crippen LogP contribution in [0, 0.1) is 0 Å². The molecule has 2 aromatic heterocycles. The number of benzene rings is 3. The number of aromatic hydroxyl groups is 1. The Labute approximate surface area is 192 Å². The Kier molecular flexibility index (Phi) is 4.62. The highest BCUT2D eigenvalue weighted by molar-refractivity contribution is 5.85. The Hall–Kier alpha value is -3.77. The lowest BCUT2D eigenvalue weighted by Crippen LogP contribution is -2.37. The molecule has 0 aliphatic carbocycles. The average Bonchev–Trinajstić information content (AvgIpc) is 3.37. The predicted octanol–water partition coefficient (Wildman–Crippen LogP) is 4.92. The molecule has 0 bridgehead atoms. The van der Waals surface area contributed by atoms with E-state index in [0.29, 0.717) is 12.3 Å². The minimum Gasteiger partial charge on any atom is -0.504 e. The van der Waals surface area contributed by atoms with Crippen molar-refractivity contribution in [1.82, 2.24) is 19.4 Å². The Bertz CT molecular complexity index is 1480. The number of hydrogen-bond acceptors (Lipinski definition) is 4. The maximum atomic E-state index is 10.3. The molecule has 166 valence electrons. The van der Waals surface area contributed by atoms with Crippen molar-refractivity contribution in [3.8, 4) is 11.5 Å². The molecule has 2 N–H and O–H groups in total. The molecule has 1 unspecified atom stereocenters. The van der Waals surface area contributed by atoms with Crippen molar-refractivity contribution < 1.29 is 9.84 Å². The first-order valence-corrected chi connectivity index (χ1v) is 11.2. The summed E-state index contributed by atoms with van der Waals surface area (Å²) < 4.78 is 7.44. The normalized spacial score (nSPS) is 16.4. The standard InChI is InChI=1S/C27H26N4O2/c1-30-22-10-6-5-9-21(22)29-27(30)26-25-19(18-7-3-4-8-20(18)28-25)13-14-31(26)16-17-11-12-24(33-2)23(32)15-17/h3-12,15,26,28,32H,13-14,16H2,1-2H3. The van der Waals surface area contributed by atoms with Gasteiger partial charge in [0.15, 0.2) is 11.5 Å². The van der Waals surface area contributed by atoms with Crippen molar-refractivity contribution in [3.63, 3.8) is 0 Å². The SMILES string of the molecule is COc1ccc(CN2CCc3c([nH]c4ccccc34)C2c2nc3ccccc3n2C)cc1O. The minimum absolute atomic E-state index is 0.0252. The van der Waals surface area contributed by atoms with Crippen molar-refractivity contribution in [2.75, 3.05) is 13.7 Å². The molecule has 0 saturated carbocycles. The molecular weight excluding hydrogens is 412 g/mol. The molecule has 6 rings (SSSR count). The first-order valence-electron chi connectivity index (χ1n) is 11.2. The number of methoxy groups -OCH3 is 1. The van der Waals surface area contributed by atoms with E-state index in [0.717, 1.165) is 40.9 Å². The van der Waals surface area contributed by atoms with Crippen LogP contribution in [0.15, 0.2) is 66.7 Å². The molecule has 0 saturated heterocycles. The number of nitrogens with one attached hydrogen (secondary N) is 1. The van der Waals surface area contributed by atoms with E-state index in [9.17, 15) is 5.11 Å². The van der Waals surface area contributed by atoms with Crippen LogP contribution in [-0.4, -0.2) is 38.2 Å². The second-order valence-electron chi connectivity index (χ2n) is 8.71. The van der Waals surface area contributed by atoms with Crippen molar-refractivity contribution in [1.29, 1.82) is 0 Å². The zero-order chi connectivity index (χ0) is 22.5. The van der Waals surface area contributed by atoms with Gasteiger partial charge in [0.2, 0.25) is 0 Å². The Morgan fingerprint density at radius 2 is 1.91 bits per heavy atom. The maximum absolute atomic E-state index is 10.3. The van der Waals surface area contributed by atoms with Gasteiger partial charge in [-0.3, -0.25) is 4.90 Å². The summed E-state index contributed by atoms with van der Waals surface area (Å²) in [6.07, 6.45) is 0.960. The number of aryl methyl sites for hydroxylation is 1. The number of H-pyrrole nitrogens is 1. The molecule has 3 heterocycles. The first-order chi connectivity index (χ1) is 16.1. The van der Waals surface area contributed by atoms with Crippen molar-refractivity contribution >= 4 is 21.9 Å². The summed E-state index contributed by atoms with van der Waals surface area (Å²) in [4.78, 5) is 11.2. The van der Waals surface area contributed by atoms with E-state index in [1.807, 2.05) is 18.2 Å². The number of aromatic nitrogens is 3. The molecule has 3 aromatic carbocycles. The van der Waals surface area contributed by atoms with Gasteiger partial charge >= 0.3 is 0 Å². The zero-order valence-corrected chi connectivity index (χ0v) is 18.7. The molecule has 0 spiro atoms. The number of para-hydroxylation sites is 3. The molecule has 0 fully saturated rings. The Balaban J connectivity index is 1.50. The Morgan fingerprint density at radius 3 is 2.73 bits per heavy atom. The van der Waals surface area contributed by atoms with Gasteiger partial charge in [-0.25, -0.2) is 4.98 Å². The van der Waals surface area contributed by atoms with Crippen LogP contribution in [0.3, 0.4) is 0 Å². The van der Waals surface area contributed by atoms with Crippen LogP contribution in [0.1, 0.15) is 28.7 Å². The maximum Gasteiger partial charge on any atom is 0.160 e. The third kappa shape index (κ3) is 3.17. The molecule has 6 nitrogen and oxygen atoms in total.